The van der Waals surface area contributed by atoms with Crippen molar-refractivity contribution >= 4 is 29.5 Å². The molecule has 6 N–H and O–H groups in total. The zero-order valence-electron chi connectivity index (χ0n) is 12.4. The van der Waals surface area contributed by atoms with Crippen LogP contribution in [0.4, 0.5) is 22.2 Å². The maximum atomic E-state index is 12.0. The molecule has 9 nitrogen and oxygen atoms in total. The molecule has 22 heavy (non-hydrogen) atoms. The van der Waals surface area contributed by atoms with Gasteiger partial charge in [0, 0.05) is 6.04 Å². The van der Waals surface area contributed by atoms with Gasteiger partial charge < -0.3 is 26.8 Å². The lowest BCUT2D eigenvalue weighted by molar-refractivity contribution is 0.0521. The van der Waals surface area contributed by atoms with Crippen molar-refractivity contribution in [1.29, 1.82) is 0 Å². The Labute approximate surface area is 127 Å². The summed E-state index contributed by atoms with van der Waals surface area (Å²) in [5.41, 5.74) is 11.1. The van der Waals surface area contributed by atoms with Gasteiger partial charge in [0.25, 0.3) is 0 Å². The predicted molar refractivity (Wildman–Crippen MR) is 81.2 cm³/mol. The highest BCUT2D eigenvalue weighted by Crippen LogP contribution is 2.23. The Hall–Kier alpha value is -2.58. The lowest BCUT2D eigenvalue weighted by Crippen LogP contribution is -2.37. The molecule has 1 saturated carbocycles. The number of nitrogen functional groups attached to an aromatic ring is 2. The lowest BCUT2D eigenvalue weighted by Gasteiger charge is -2.15. The van der Waals surface area contributed by atoms with E-state index in [1.165, 1.54) is 0 Å². The standard InChI is InChI=1S/C13H20N6O3/c1-2-22-11(20)9-8(10(14)19-12(15)17-9)18-13(21)16-7-5-3-4-6-7/h7H,2-6H2,1H3,(H2,16,18,21)(H4,14,15,17,19). The van der Waals surface area contributed by atoms with Crippen molar-refractivity contribution < 1.29 is 14.3 Å². The van der Waals surface area contributed by atoms with Gasteiger partial charge in [-0.15, -0.1) is 0 Å². The summed E-state index contributed by atoms with van der Waals surface area (Å²) in [4.78, 5) is 31.5. The van der Waals surface area contributed by atoms with Gasteiger partial charge in [-0.3, -0.25) is 0 Å². The molecule has 1 aromatic heterocycles. The predicted octanol–water partition coefficient (Wildman–Crippen LogP) is 0.882. The number of urea groups is 1. The first-order valence-corrected chi connectivity index (χ1v) is 7.19. The van der Waals surface area contributed by atoms with Crippen LogP contribution in [-0.4, -0.2) is 34.6 Å². The number of nitrogens with two attached hydrogens (primary N) is 2. The zero-order chi connectivity index (χ0) is 16.1. The number of hydrogen-bond donors (Lipinski definition) is 4. The van der Waals surface area contributed by atoms with Crippen molar-refractivity contribution in [2.75, 3.05) is 23.4 Å². The summed E-state index contributed by atoms with van der Waals surface area (Å²) < 4.78 is 4.88. The van der Waals surface area contributed by atoms with Crippen LogP contribution in [-0.2, 0) is 4.74 Å². The minimum Gasteiger partial charge on any atom is -0.461 e. The average molecular weight is 308 g/mol. The number of ether oxygens (including phenoxy) is 1. The molecule has 1 aliphatic carbocycles. The van der Waals surface area contributed by atoms with Gasteiger partial charge in [0.15, 0.2) is 11.5 Å². The second kappa shape index (κ2) is 6.92. The molecular formula is C13H20N6O3. The van der Waals surface area contributed by atoms with E-state index in [4.69, 9.17) is 16.2 Å². The molecule has 0 radical (unpaired) electrons. The van der Waals surface area contributed by atoms with Crippen LogP contribution in [0.2, 0.25) is 0 Å². The van der Waals surface area contributed by atoms with Gasteiger partial charge in [-0.1, -0.05) is 12.8 Å². The molecule has 0 unspecified atom stereocenters. The van der Waals surface area contributed by atoms with Crippen LogP contribution < -0.4 is 22.1 Å². The molecule has 0 saturated heterocycles. The number of hydrogen-bond acceptors (Lipinski definition) is 7. The first-order chi connectivity index (χ1) is 10.5. The lowest BCUT2D eigenvalue weighted by atomic mass is 10.2. The zero-order valence-corrected chi connectivity index (χ0v) is 12.4. The Morgan fingerprint density at radius 1 is 1.27 bits per heavy atom. The van der Waals surface area contributed by atoms with Crippen LogP contribution in [0.1, 0.15) is 43.1 Å². The van der Waals surface area contributed by atoms with E-state index in [9.17, 15) is 9.59 Å². The maximum Gasteiger partial charge on any atom is 0.359 e. The molecule has 0 spiro atoms. The number of esters is 1. The largest absolute Gasteiger partial charge is 0.461 e. The number of amides is 2. The van der Waals surface area contributed by atoms with Crippen LogP contribution in [0.15, 0.2) is 0 Å². The highest BCUT2D eigenvalue weighted by Gasteiger charge is 2.23. The van der Waals surface area contributed by atoms with Gasteiger partial charge >= 0.3 is 12.0 Å². The summed E-state index contributed by atoms with van der Waals surface area (Å²) in [5, 5.41) is 5.34. The Kier molecular flexibility index (Phi) is 4.97. The number of rotatable bonds is 4. The molecule has 0 atom stereocenters. The van der Waals surface area contributed by atoms with Crippen molar-refractivity contribution in [3.05, 3.63) is 5.69 Å². The maximum absolute atomic E-state index is 12.0. The van der Waals surface area contributed by atoms with Crippen LogP contribution in [0.3, 0.4) is 0 Å². The fraction of sp³-hybridized carbons (Fsp3) is 0.538. The van der Waals surface area contributed by atoms with Gasteiger partial charge in [-0.2, -0.15) is 4.98 Å². The van der Waals surface area contributed by atoms with Gasteiger partial charge in [0.2, 0.25) is 5.95 Å². The highest BCUT2D eigenvalue weighted by molar-refractivity contribution is 6.02. The normalized spacial score (nSPS) is 14.6. The SMILES string of the molecule is CCOC(=O)c1nc(N)nc(N)c1NC(=O)NC1CCCC1. The number of carbonyl (C=O) groups excluding carboxylic acids is 2. The minimum absolute atomic E-state index is 0.00291. The first kappa shape index (κ1) is 15.8. The molecular weight excluding hydrogens is 288 g/mol. The second-order valence-corrected chi connectivity index (χ2v) is 4.99. The van der Waals surface area contributed by atoms with Gasteiger partial charge in [0.1, 0.15) is 5.69 Å². The molecule has 1 heterocycles. The Morgan fingerprint density at radius 3 is 2.59 bits per heavy atom. The van der Waals surface area contributed by atoms with E-state index < -0.39 is 12.0 Å². The van der Waals surface area contributed by atoms with E-state index in [1.54, 1.807) is 6.92 Å². The van der Waals surface area contributed by atoms with Crippen molar-refractivity contribution in [2.24, 2.45) is 0 Å². The molecule has 2 rings (SSSR count). The molecule has 0 bridgehead atoms. The summed E-state index contributed by atoms with van der Waals surface area (Å²) in [6, 6.07) is -0.334. The van der Waals surface area contributed by atoms with E-state index in [1.807, 2.05) is 0 Å². The van der Waals surface area contributed by atoms with Gasteiger partial charge in [0.05, 0.1) is 6.61 Å². The van der Waals surface area contributed by atoms with Crippen LogP contribution in [0.25, 0.3) is 0 Å². The van der Waals surface area contributed by atoms with E-state index >= 15 is 0 Å². The number of nitrogens with zero attached hydrogens (tertiary/aromatic N) is 2. The summed E-state index contributed by atoms with van der Waals surface area (Å²) >= 11 is 0. The molecule has 2 amide bonds. The fourth-order valence-corrected chi connectivity index (χ4v) is 2.37. The summed E-state index contributed by atoms with van der Waals surface area (Å²) in [5.74, 6) is -0.973. The van der Waals surface area contributed by atoms with Crippen molar-refractivity contribution in [1.82, 2.24) is 15.3 Å². The molecule has 1 fully saturated rings. The van der Waals surface area contributed by atoms with Crippen molar-refractivity contribution in [2.45, 2.75) is 38.6 Å². The third kappa shape index (κ3) is 3.74. The molecule has 9 heteroatoms. The first-order valence-electron chi connectivity index (χ1n) is 7.19. The fourth-order valence-electron chi connectivity index (χ4n) is 2.37. The minimum atomic E-state index is -0.723. The second-order valence-electron chi connectivity index (χ2n) is 4.99. The molecule has 0 aliphatic heterocycles. The van der Waals surface area contributed by atoms with Crippen molar-refractivity contribution in [3.63, 3.8) is 0 Å². The molecule has 0 aromatic carbocycles. The van der Waals surface area contributed by atoms with Gasteiger partial charge in [-0.25, -0.2) is 14.6 Å². The Morgan fingerprint density at radius 2 is 1.95 bits per heavy atom. The van der Waals surface area contributed by atoms with Crippen LogP contribution in [0.5, 0.6) is 0 Å². The van der Waals surface area contributed by atoms with Gasteiger partial charge in [-0.05, 0) is 19.8 Å². The monoisotopic (exact) mass is 308 g/mol. The van der Waals surface area contributed by atoms with Crippen molar-refractivity contribution in [3.8, 4) is 0 Å². The average Bonchev–Trinajstić information content (AvgIpc) is 2.94. The van der Waals surface area contributed by atoms with E-state index in [0.29, 0.717) is 0 Å². The number of nitrogens with one attached hydrogen (secondary N) is 2. The summed E-state index contributed by atoms with van der Waals surface area (Å²) in [7, 11) is 0. The molecule has 120 valence electrons. The summed E-state index contributed by atoms with van der Waals surface area (Å²) in [6.45, 7) is 1.82. The van der Waals surface area contributed by atoms with E-state index in [-0.39, 0.29) is 35.8 Å². The molecule has 1 aromatic rings. The highest BCUT2D eigenvalue weighted by atomic mass is 16.5. The van der Waals surface area contributed by atoms with E-state index in [0.717, 1.165) is 25.7 Å². The number of carbonyl (C=O) groups is 2. The Balaban J connectivity index is 2.17. The quantitative estimate of drug-likeness (QED) is 0.604. The third-order valence-corrected chi connectivity index (χ3v) is 3.35. The van der Waals surface area contributed by atoms with Crippen LogP contribution >= 0.6 is 0 Å². The smallest absolute Gasteiger partial charge is 0.359 e. The van der Waals surface area contributed by atoms with Crippen LogP contribution in [0, 0.1) is 0 Å². The Bertz CT molecular complexity index is 571. The topological polar surface area (TPSA) is 145 Å². The summed E-state index contributed by atoms with van der Waals surface area (Å²) in [6.07, 6.45) is 4.05. The number of aromatic nitrogens is 2. The van der Waals surface area contributed by atoms with E-state index in [2.05, 4.69) is 20.6 Å². The number of anilines is 3. The molecule has 1 aliphatic rings. The third-order valence-electron chi connectivity index (χ3n) is 3.35.